The van der Waals surface area contributed by atoms with Gasteiger partial charge in [-0.05, 0) is 38.5 Å². The topological polar surface area (TPSA) is 75.4 Å². The number of amides is 2. The molecule has 2 atom stereocenters. The Bertz CT molecular complexity index is 828. The average molecular weight is 397 g/mol. The van der Waals surface area contributed by atoms with Crippen molar-refractivity contribution in [2.75, 3.05) is 18.1 Å². The van der Waals surface area contributed by atoms with Gasteiger partial charge in [0.05, 0.1) is 17.0 Å². The van der Waals surface area contributed by atoms with Crippen molar-refractivity contribution in [3.63, 3.8) is 0 Å². The molecule has 1 aromatic carbocycles. The van der Waals surface area contributed by atoms with Crippen molar-refractivity contribution in [3.05, 3.63) is 47.2 Å². The van der Waals surface area contributed by atoms with E-state index in [1.165, 1.54) is 22.7 Å². The van der Waals surface area contributed by atoms with Crippen molar-refractivity contribution in [1.29, 1.82) is 0 Å². The van der Waals surface area contributed by atoms with E-state index in [0.29, 0.717) is 17.1 Å². The molecule has 0 radical (unpaired) electrons. The number of rotatable bonds is 7. The number of aromatic nitrogens is 1. The molecule has 2 unspecified atom stereocenters. The molecule has 0 aliphatic carbocycles. The molecule has 0 spiro atoms. The fourth-order valence-electron chi connectivity index (χ4n) is 2.24. The monoisotopic (exact) mass is 397 g/mol. The summed E-state index contributed by atoms with van der Waals surface area (Å²) in [5.41, 5.74) is 0.488. The van der Waals surface area contributed by atoms with Crippen LogP contribution in [0.15, 0.2) is 28.8 Å². The number of hydrogen-bond acceptors (Lipinski definition) is 5. The first kappa shape index (κ1) is 20.9. The minimum absolute atomic E-state index is 0.0664. The lowest BCUT2D eigenvalue weighted by Gasteiger charge is -2.25. The van der Waals surface area contributed by atoms with Crippen molar-refractivity contribution in [2.24, 2.45) is 0 Å². The highest BCUT2D eigenvalue weighted by molar-refractivity contribution is 8.01. The van der Waals surface area contributed by atoms with Gasteiger partial charge >= 0.3 is 0 Å². The van der Waals surface area contributed by atoms with Crippen LogP contribution in [-0.4, -0.2) is 39.9 Å². The van der Waals surface area contributed by atoms with Crippen LogP contribution >= 0.6 is 11.8 Å². The molecule has 0 bridgehead atoms. The van der Waals surface area contributed by atoms with E-state index in [1.54, 1.807) is 33.9 Å². The van der Waals surface area contributed by atoms with E-state index in [9.17, 15) is 18.4 Å². The second kappa shape index (κ2) is 8.98. The van der Waals surface area contributed by atoms with Gasteiger partial charge in [-0.15, -0.1) is 11.8 Å². The lowest BCUT2D eigenvalue weighted by atomic mass is 10.1. The van der Waals surface area contributed by atoms with Crippen LogP contribution in [-0.2, 0) is 9.59 Å². The molecular weight excluding hydrogens is 376 g/mol. The molecule has 0 aliphatic rings. The summed E-state index contributed by atoms with van der Waals surface area (Å²) in [5.74, 6) is -1.45. The van der Waals surface area contributed by atoms with Crippen LogP contribution < -0.4 is 5.32 Å². The average Bonchev–Trinajstić information content (AvgIpc) is 3.04. The normalized spacial score (nSPS) is 13.1. The Morgan fingerprint density at radius 2 is 1.96 bits per heavy atom. The highest BCUT2D eigenvalue weighted by Crippen LogP contribution is 2.22. The fraction of sp³-hybridized carbons (Fsp3) is 0.389. The largest absolute Gasteiger partial charge is 0.360 e. The predicted molar refractivity (Wildman–Crippen MR) is 99.3 cm³/mol. The Balaban J connectivity index is 1.87. The molecule has 6 nitrogen and oxygen atoms in total. The zero-order valence-corrected chi connectivity index (χ0v) is 16.3. The molecule has 0 fully saturated rings. The van der Waals surface area contributed by atoms with Gasteiger partial charge in [-0.2, -0.15) is 0 Å². The molecule has 1 heterocycles. The van der Waals surface area contributed by atoms with Gasteiger partial charge in [0.2, 0.25) is 11.8 Å². The molecule has 0 aliphatic heterocycles. The minimum Gasteiger partial charge on any atom is -0.360 e. The summed E-state index contributed by atoms with van der Waals surface area (Å²) in [6.07, 6.45) is 0. The van der Waals surface area contributed by atoms with E-state index in [0.717, 1.165) is 12.1 Å². The quantitative estimate of drug-likeness (QED) is 0.773. The Kier molecular flexibility index (Phi) is 6.95. The molecule has 27 heavy (non-hydrogen) atoms. The van der Waals surface area contributed by atoms with E-state index in [-0.39, 0.29) is 17.6 Å². The fourth-order valence-corrected chi connectivity index (χ4v) is 3.05. The van der Waals surface area contributed by atoms with Crippen molar-refractivity contribution in [2.45, 2.75) is 32.1 Å². The SMILES string of the molecule is Cc1cc(NC(=O)C(C)SCC(=O)N(C)C(C)c2ccc(F)c(F)c2)no1. The molecule has 9 heteroatoms. The van der Waals surface area contributed by atoms with Gasteiger partial charge in [0, 0.05) is 13.1 Å². The molecule has 1 N–H and O–H groups in total. The molecule has 0 saturated carbocycles. The summed E-state index contributed by atoms with van der Waals surface area (Å²) < 4.78 is 31.3. The number of benzene rings is 1. The first-order valence-corrected chi connectivity index (χ1v) is 9.30. The summed E-state index contributed by atoms with van der Waals surface area (Å²) in [6.45, 7) is 5.11. The van der Waals surface area contributed by atoms with E-state index < -0.39 is 22.9 Å². The molecule has 2 rings (SSSR count). The lowest BCUT2D eigenvalue weighted by molar-refractivity contribution is -0.128. The highest BCUT2D eigenvalue weighted by Gasteiger charge is 2.21. The van der Waals surface area contributed by atoms with Crippen LogP contribution in [0.2, 0.25) is 0 Å². The van der Waals surface area contributed by atoms with Gasteiger partial charge in [0.1, 0.15) is 5.76 Å². The molecule has 2 aromatic rings. The highest BCUT2D eigenvalue weighted by atomic mass is 32.2. The summed E-state index contributed by atoms with van der Waals surface area (Å²) in [6, 6.07) is 4.71. The van der Waals surface area contributed by atoms with Gasteiger partial charge in [0.25, 0.3) is 0 Å². The van der Waals surface area contributed by atoms with E-state index in [2.05, 4.69) is 10.5 Å². The number of halogens is 2. The molecule has 2 amide bonds. The second-order valence-corrected chi connectivity index (χ2v) is 7.45. The number of hydrogen-bond donors (Lipinski definition) is 1. The number of nitrogens with one attached hydrogen (secondary N) is 1. The van der Waals surface area contributed by atoms with Crippen LogP contribution in [0.4, 0.5) is 14.6 Å². The third kappa shape index (κ3) is 5.53. The summed E-state index contributed by atoms with van der Waals surface area (Å²) in [4.78, 5) is 25.9. The van der Waals surface area contributed by atoms with Gasteiger partial charge in [0.15, 0.2) is 17.5 Å². The zero-order chi connectivity index (χ0) is 20.1. The third-order valence-electron chi connectivity index (χ3n) is 4.11. The van der Waals surface area contributed by atoms with E-state index in [4.69, 9.17) is 4.52 Å². The van der Waals surface area contributed by atoms with Crippen LogP contribution in [0.1, 0.15) is 31.2 Å². The maximum atomic E-state index is 13.4. The van der Waals surface area contributed by atoms with Crippen molar-refractivity contribution >= 4 is 29.4 Å². The molecule has 1 aromatic heterocycles. The van der Waals surface area contributed by atoms with Gasteiger partial charge in [-0.25, -0.2) is 8.78 Å². The number of carbonyl (C=O) groups is 2. The number of aryl methyl sites for hydroxylation is 1. The van der Waals surface area contributed by atoms with E-state index >= 15 is 0 Å². The van der Waals surface area contributed by atoms with Crippen LogP contribution in [0.5, 0.6) is 0 Å². The van der Waals surface area contributed by atoms with E-state index in [1.807, 2.05) is 0 Å². The summed E-state index contributed by atoms with van der Waals surface area (Å²) >= 11 is 1.17. The lowest BCUT2D eigenvalue weighted by Crippen LogP contribution is -2.32. The number of nitrogens with zero attached hydrogens (tertiary/aromatic N) is 2. The van der Waals surface area contributed by atoms with Gasteiger partial charge in [-0.3, -0.25) is 9.59 Å². The predicted octanol–water partition coefficient (Wildman–Crippen LogP) is 3.54. The Labute approximate surface area is 160 Å². The first-order valence-electron chi connectivity index (χ1n) is 8.25. The number of thioether (sulfide) groups is 1. The van der Waals surface area contributed by atoms with Crippen molar-refractivity contribution in [3.8, 4) is 0 Å². The van der Waals surface area contributed by atoms with Crippen LogP contribution in [0, 0.1) is 18.6 Å². The Morgan fingerprint density at radius 3 is 2.56 bits per heavy atom. The van der Waals surface area contributed by atoms with Gasteiger partial charge in [-0.1, -0.05) is 11.2 Å². The minimum atomic E-state index is -0.956. The first-order chi connectivity index (χ1) is 12.7. The maximum Gasteiger partial charge on any atom is 0.238 e. The van der Waals surface area contributed by atoms with Crippen LogP contribution in [0.3, 0.4) is 0 Å². The second-order valence-electron chi connectivity index (χ2n) is 6.12. The Morgan fingerprint density at radius 1 is 1.26 bits per heavy atom. The standard InChI is InChI=1S/C18H21F2N3O3S/c1-10-7-16(22-26-10)21-18(25)12(3)27-9-17(24)23(4)11(2)13-5-6-14(19)15(20)8-13/h5-8,11-12H,9H2,1-4H3,(H,21,22,25). The summed E-state index contributed by atoms with van der Waals surface area (Å²) in [7, 11) is 1.58. The van der Waals surface area contributed by atoms with Crippen molar-refractivity contribution < 1.29 is 22.9 Å². The smallest absolute Gasteiger partial charge is 0.238 e. The third-order valence-corrected chi connectivity index (χ3v) is 5.23. The Hall–Kier alpha value is -2.42. The number of carbonyl (C=O) groups excluding carboxylic acids is 2. The molecule has 146 valence electrons. The zero-order valence-electron chi connectivity index (χ0n) is 15.5. The molecule has 0 saturated heterocycles. The van der Waals surface area contributed by atoms with Gasteiger partial charge < -0.3 is 14.7 Å². The molecular formula is C18H21F2N3O3S. The number of anilines is 1. The van der Waals surface area contributed by atoms with Crippen molar-refractivity contribution in [1.82, 2.24) is 10.1 Å². The maximum absolute atomic E-state index is 13.4. The summed E-state index contributed by atoms with van der Waals surface area (Å²) in [5, 5.41) is 5.80. The van der Waals surface area contributed by atoms with Crippen LogP contribution in [0.25, 0.3) is 0 Å².